The Kier molecular flexibility index (Phi) is 7.04. The molecule has 0 bridgehead atoms. The van der Waals surface area contributed by atoms with Crippen LogP contribution in [-0.4, -0.2) is 60.2 Å². The number of hydrogen-bond acceptors (Lipinski definition) is 4. The summed E-state index contributed by atoms with van der Waals surface area (Å²) in [5.74, 6) is -0.0676. The maximum Gasteiger partial charge on any atom is 0.253 e. The van der Waals surface area contributed by atoms with Gasteiger partial charge in [-0.3, -0.25) is 14.4 Å². The fourth-order valence-electron chi connectivity index (χ4n) is 4.20. The van der Waals surface area contributed by atoms with Crippen molar-refractivity contribution in [2.24, 2.45) is 0 Å². The highest BCUT2D eigenvalue weighted by molar-refractivity contribution is 5.97. The second-order valence-electron chi connectivity index (χ2n) is 8.41. The smallest absolute Gasteiger partial charge is 0.253 e. The molecule has 3 amide bonds. The van der Waals surface area contributed by atoms with E-state index in [9.17, 15) is 14.4 Å². The Morgan fingerprint density at radius 1 is 0.625 bits per heavy atom. The molecule has 2 aromatic rings. The number of nitrogens with one attached hydrogen (secondary N) is 2. The highest BCUT2D eigenvalue weighted by atomic mass is 16.2. The summed E-state index contributed by atoms with van der Waals surface area (Å²) in [6.45, 7) is 3.39. The van der Waals surface area contributed by atoms with Gasteiger partial charge >= 0.3 is 0 Å². The maximum absolute atomic E-state index is 12.5. The topological polar surface area (TPSA) is 81.8 Å². The van der Waals surface area contributed by atoms with Crippen LogP contribution < -0.4 is 10.6 Å². The molecule has 7 heteroatoms. The number of benzene rings is 2. The molecular formula is C25H30N4O3. The molecule has 0 radical (unpaired) electrons. The third-order valence-electron chi connectivity index (χ3n) is 6.04. The van der Waals surface area contributed by atoms with Crippen molar-refractivity contribution in [3.63, 3.8) is 0 Å². The van der Waals surface area contributed by atoms with E-state index in [1.165, 1.54) is 6.42 Å². The minimum Gasteiger partial charge on any atom is -0.376 e. The van der Waals surface area contributed by atoms with E-state index in [0.717, 1.165) is 57.5 Å². The lowest BCUT2D eigenvalue weighted by atomic mass is 10.1. The Hall–Kier alpha value is -3.35. The summed E-state index contributed by atoms with van der Waals surface area (Å²) in [6, 6.07) is 14.3. The molecule has 0 unspecified atom stereocenters. The zero-order chi connectivity index (χ0) is 22.3. The predicted molar refractivity (Wildman–Crippen MR) is 125 cm³/mol. The van der Waals surface area contributed by atoms with Crippen molar-refractivity contribution < 1.29 is 14.4 Å². The molecule has 4 rings (SSSR count). The molecule has 0 saturated carbocycles. The van der Waals surface area contributed by atoms with E-state index in [2.05, 4.69) is 10.6 Å². The molecule has 0 spiro atoms. The highest BCUT2D eigenvalue weighted by Gasteiger charge is 2.19. The first kappa shape index (κ1) is 21.9. The average molecular weight is 435 g/mol. The fourth-order valence-corrected chi connectivity index (χ4v) is 4.20. The lowest BCUT2D eigenvalue weighted by Crippen LogP contribution is -2.35. The van der Waals surface area contributed by atoms with Crippen LogP contribution in [0.3, 0.4) is 0 Å². The summed E-state index contributed by atoms with van der Waals surface area (Å²) in [5.41, 5.74) is 2.74. The van der Waals surface area contributed by atoms with E-state index in [4.69, 9.17) is 0 Å². The molecule has 7 nitrogen and oxygen atoms in total. The number of hydrogen-bond donors (Lipinski definition) is 2. The number of rotatable bonds is 6. The van der Waals surface area contributed by atoms with Crippen LogP contribution in [0, 0.1) is 0 Å². The lowest BCUT2D eigenvalue weighted by Gasteiger charge is -2.26. The minimum atomic E-state index is -0.183. The minimum absolute atomic E-state index is 0.0456. The summed E-state index contributed by atoms with van der Waals surface area (Å²) < 4.78 is 0. The van der Waals surface area contributed by atoms with Gasteiger partial charge in [-0.2, -0.15) is 0 Å². The van der Waals surface area contributed by atoms with Crippen LogP contribution >= 0.6 is 0 Å². The number of anilines is 2. The Balaban J connectivity index is 1.24. The van der Waals surface area contributed by atoms with Crippen molar-refractivity contribution in [1.29, 1.82) is 0 Å². The van der Waals surface area contributed by atoms with Crippen molar-refractivity contribution in [2.45, 2.75) is 32.1 Å². The first-order valence-electron chi connectivity index (χ1n) is 11.4. The molecule has 2 aliphatic heterocycles. The Bertz CT molecular complexity index is 944. The third-order valence-corrected chi connectivity index (χ3v) is 6.04. The second kappa shape index (κ2) is 10.3. The van der Waals surface area contributed by atoms with Crippen LogP contribution in [0.25, 0.3) is 0 Å². The van der Waals surface area contributed by atoms with E-state index < -0.39 is 0 Å². The van der Waals surface area contributed by atoms with Gasteiger partial charge in [0.2, 0.25) is 5.91 Å². The van der Waals surface area contributed by atoms with Gasteiger partial charge in [0.15, 0.2) is 0 Å². The van der Waals surface area contributed by atoms with Crippen molar-refractivity contribution in [1.82, 2.24) is 9.80 Å². The molecule has 2 N–H and O–H groups in total. The van der Waals surface area contributed by atoms with E-state index in [1.54, 1.807) is 36.4 Å². The Labute approximate surface area is 188 Å². The standard InChI is InChI=1S/C25H30N4O3/c30-23(27-22-12-8-20(9-13-22)25(32)29-16-4-5-17-29)18-26-21-10-6-19(7-11-21)24(31)28-14-2-1-3-15-28/h6-13,26H,1-5,14-18H2,(H,27,30). The van der Waals surface area contributed by atoms with Crippen molar-refractivity contribution in [3.8, 4) is 0 Å². The van der Waals surface area contributed by atoms with E-state index >= 15 is 0 Å². The number of carbonyl (C=O) groups is 3. The van der Waals surface area contributed by atoms with Gasteiger partial charge in [-0.15, -0.1) is 0 Å². The highest BCUT2D eigenvalue weighted by Crippen LogP contribution is 2.17. The maximum atomic E-state index is 12.5. The molecule has 0 aliphatic carbocycles. The number of carbonyl (C=O) groups excluding carboxylic acids is 3. The first-order chi connectivity index (χ1) is 15.6. The summed E-state index contributed by atoms with van der Waals surface area (Å²) in [6.07, 6.45) is 5.44. The van der Waals surface area contributed by atoms with E-state index in [1.807, 2.05) is 21.9 Å². The zero-order valence-electron chi connectivity index (χ0n) is 18.3. The molecule has 32 heavy (non-hydrogen) atoms. The molecule has 168 valence electrons. The van der Waals surface area contributed by atoms with Gasteiger partial charge in [-0.1, -0.05) is 0 Å². The fraction of sp³-hybridized carbons (Fsp3) is 0.400. The van der Waals surface area contributed by atoms with Crippen LogP contribution in [0.2, 0.25) is 0 Å². The van der Waals surface area contributed by atoms with Gasteiger partial charge in [0.1, 0.15) is 0 Å². The lowest BCUT2D eigenvalue weighted by molar-refractivity contribution is -0.114. The Morgan fingerprint density at radius 3 is 1.56 bits per heavy atom. The van der Waals surface area contributed by atoms with Gasteiger partial charge in [0.25, 0.3) is 11.8 Å². The van der Waals surface area contributed by atoms with Gasteiger partial charge < -0.3 is 20.4 Å². The quantitative estimate of drug-likeness (QED) is 0.728. The molecule has 2 fully saturated rings. The van der Waals surface area contributed by atoms with Crippen molar-refractivity contribution in [3.05, 3.63) is 59.7 Å². The molecule has 2 heterocycles. The van der Waals surface area contributed by atoms with Crippen LogP contribution in [0.15, 0.2) is 48.5 Å². The number of likely N-dealkylation sites (tertiary alicyclic amines) is 2. The average Bonchev–Trinajstić information content (AvgIpc) is 3.38. The summed E-state index contributed by atoms with van der Waals surface area (Å²) in [5, 5.41) is 5.91. The molecule has 2 saturated heterocycles. The monoisotopic (exact) mass is 434 g/mol. The predicted octanol–water partition coefficient (Wildman–Crippen LogP) is 3.60. The summed E-state index contributed by atoms with van der Waals surface area (Å²) in [4.78, 5) is 41.0. The van der Waals surface area contributed by atoms with E-state index in [-0.39, 0.29) is 24.3 Å². The van der Waals surface area contributed by atoms with Crippen molar-refractivity contribution >= 4 is 29.1 Å². The number of nitrogens with zero attached hydrogens (tertiary/aromatic N) is 2. The Morgan fingerprint density at radius 2 is 1.06 bits per heavy atom. The SMILES string of the molecule is O=C(CNc1ccc(C(=O)N2CCCCC2)cc1)Nc1ccc(C(=O)N2CCCC2)cc1. The first-order valence-corrected chi connectivity index (χ1v) is 11.4. The van der Waals surface area contributed by atoms with Crippen molar-refractivity contribution in [2.75, 3.05) is 43.4 Å². The number of piperidine rings is 1. The molecule has 2 aliphatic rings. The molecule has 2 aromatic carbocycles. The molecule has 0 aromatic heterocycles. The normalized spacial score (nSPS) is 16.0. The zero-order valence-corrected chi connectivity index (χ0v) is 18.3. The molecule has 0 atom stereocenters. The van der Waals surface area contributed by atoms with Crippen LogP contribution in [-0.2, 0) is 4.79 Å². The largest absolute Gasteiger partial charge is 0.376 e. The van der Waals surface area contributed by atoms with Crippen LogP contribution in [0.5, 0.6) is 0 Å². The van der Waals surface area contributed by atoms with Crippen LogP contribution in [0.4, 0.5) is 11.4 Å². The summed E-state index contributed by atoms with van der Waals surface area (Å²) >= 11 is 0. The number of amides is 3. The van der Waals surface area contributed by atoms with Gasteiger partial charge in [0, 0.05) is 48.7 Å². The molecular weight excluding hydrogens is 404 g/mol. The summed E-state index contributed by atoms with van der Waals surface area (Å²) in [7, 11) is 0. The van der Waals surface area contributed by atoms with Gasteiger partial charge in [-0.25, -0.2) is 0 Å². The van der Waals surface area contributed by atoms with Gasteiger partial charge in [0.05, 0.1) is 6.54 Å². The second-order valence-corrected chi connectivity index (χ2v) is 8.41. The van der Waals surface area contributed by atoms with Gasteiger partial charge in [-0.05, 0) is 80.6 Å². The van der Waals surface area contributed by atoms with Crippen LogP contribution in [0.1, 0.15) is 52.8 Å². The third kappa shape index (κ3) is 5.46. The van der Waals surface area contributed by atoms with E-state index in [0.29, 0.717) is 16.8 Å².